The largest absolute Gasteiger partial charge is 0.497 e. The fourth-order valence-electron chi connectivity index (χ4n) is 0.551. The molecule has 8 heteroatoms. The minimum absolute atomic E-state index is 0.499. The zero-order chi connectivity index (χ0) is 11.4. The van der Waals surface area contributed by atoms with Gasteiger partial charge < -0.3 is 9.84 Å². The minimum atomic E-state index is -4.89. The highest BCUT2D eigenvalue weighted by Gasteiger charge is 2.39. The topological polar surface area (TPSA) is 55.8 Å². The van der Waals surface area contributed by atoms with Crippen LogP contribution in [-0.2, 0) is 20.0 Å². The number of aliphatic hydroxyl groups is 1. The molecule has 86 valence electrons. The summed E-state index contributed by atoms with van der Waals surface area (Å²) in [7, 11) is 1.20. The van der Waals surface area contributed by atoms with Crippen molar-refractivity contribution in [2.45, 2.75) is 18.7 Å². The molecule has 14 heavy (non-hydrogen) atoms. The van der Waals surface area contributed by atoms with Crippen molar-refractivity contribution >= 4 is 11.1 Å². The van der Waals surface area contributed by atoms with Gasteiger partial charge in [-0.05, 0) is 0 Å². The third-order valence-corrected chi connectivity index (χ3v) is 2.08. The molecular weight excluding hydrogens is 225 g/mol. The molecule has 0 amide bonds. The number of alkyl halides is 3. The monoisotopic (exact) mass is 236 g/mol. The van der Waals surface area contributed by atoms with Crippen LogP contribution in [0.3, 0.4) is 0 Å². The summed E-state index contributed by atoms with van der Waals surface area (Å²) in [4.78, 5) is 0. The molecule has 0 saturated carbocycles. The van der Waals surface area contributed by atoms with Gasteiger partial charge >= 0.3 is 5.51 Å². The third kappa shape index (κ3) is 4.89. The number of hydrogen-bond donors (Lipinski definition) is 1. The molecule has 0 rings (SSSR count). The standard InChI is InChI=1S/C6H11F3O4S/c1-4(5(10)12-2)3-13-14(11)6(7,8)9/h4-5,10H,3H2,1-2H3. The lowest BCUT2D eigenvalue weighted by molar-refractivity contribution is -0.116. The van der Waals surface area contributed by atoms with E-state index in [0.717, 1.165) is 0 Å². The van der Waals surface area contributed by atoms with Crippen LogP contribution in [0, 0.1) is 5.92 Å². The molecular formula is C6H11F3O4S. The van der Waals surface area contributed by atoms with E-state index < -0.39 is 35.4 Å². The van der Waals surface area contributed by atoms with Gasteiger partial charge in [-0.25, -0.2) is 4.21 Å². The predicted octanol–water partition coefficient (Wildman–Crippen LogP) is 0.787. The number of hydrogen-bond acceptors (Lipinski definition) is 4. The van der Waals surface area contributed by atoms with Crippen molar-refractivity contribution in [2.24, 2.45) is 5.92 Å². The summed E-state index contributed by atoms with van der Waals surface area (Å²) in [6.07, 6.45) is -1.24. The number of halogens is 3. The number of methoxy groups -OCH3 is 1. The first-order valence-electron chi connectivity index (χ1n) is 3.61. The zero-order valence-electron chi connectivity index (χ0n) is 7.58. The molecule has 0 heterocycles. The van der Waals surface area contributed by atoms with E-state index in [1.165, 1.54) is 14.0 Å². The molecule has 0 spiro atoms. The van der Waals surface area contributed by atoms with E-state index in [9.17, 15) is 17.4 Å². The molecule has 0 aliphatic rings. The van der Waals surface area contributed by atoms with Crippen molar-refractivity contribution in [3.63, 3.8) is 0 Å². The van der Waals surface area contributed by atoms with Crippen molar-refractivity contribution < 1.29 is 31.4 Å². The van der Waals surface area contributed by atoms with Crippen LogP contribution in [0.15, 0.2) is 0 Å². The van der Waals surface area contributed by atoms with Gasteiger partial charge in [-0.1, -0.05) is 6.92 Å². The summed E-state index contributed by atoms with van der Waals surface area (Å²) in [6, 6.07) is 0. The van der Waals surface area contributed by atoms with Crippen LogP contribution in [0.5, 0.6) is 0 Å². The third-order valence-electron chi connectivity index (χ3n) is 1.36. The van der Waals surface area contributed by atoms with Crippen LogP contribution in [-0.4, -0.2) is 34.8 Å². The second kappa shape index (κ2) is 5.64. The van der Waals surface area contributed by atoms with Crippen molar-refractivity contribution in [3.05, 3.63) is 0 Å². The second-order valence-corrected chi connectivity index (χ2v) is 3.74. The Morgan fingerprint density at radius 3 is 2.36 bits per heavy atom. The minimum Gasteiger partial charge on any atom is -0.368 e. The highest BCUT2D eigenvalue weighted by molar-refractivity contribution is 7.81. The zero-order valence-corrected chi connectivity index (χ0v) is 8.39. The fourth-order valence-corrected chi connectivity index (χ4v) is 1.02. The number of rotatable bonds is 5. The van der Waals surface area contributed by atoms with Crippen LogP contribution in [0.2, 0.25) is 0 Å². The van der Waals surface area contributed by atoms with Crippen LogP contribution >= 0.6 is 0 Å². The smallest absolute Gasteiger partial charge is 0.368 e. The molecule has 0 aromatic rings. The summed E-state index contributed by atoms with van der Waals surface area (Å²) < 4.78 is 53.7. The van der Waals surface area contributed by atoms with E-state index in [-0.39, 0.29) is 0 Å². The Kier molecular flexibility index (Phi) is 5.57. The van der Waals surface area contributed by atoms with E-state index in [1.54, 1.807) is 0 Å². The Morgan fingerprint density at radius 1 is 1.50 bits per heavy atom. The normalized spacial score (nSPS) is 19.0. The van der Waals surface area contributed by atoms with Crippen LogP contribution < -0.4 is 0 Å². The van der Waals surface area contributed by atoms with E-state index in [1.807, 2.05) is 0 Å². The van der Waals surface area contributed by atoms with Gasteiger partial charge in [0.2, 0.25) is 0 Å². The summed E-state index contributed by atoms with van der Waals surface area (Å²) >= 11 is -3.34. The Balaban J connectivity index is 3.89. The molecule has 3 atom stereocenters. The lowest BCUT2D eigenvalue weighted by Gasteiger charge is -2.16. The first-order valence-corrected chi connectivity index (χ1v) is 4.69. The van der Waals surface area contributed by atoms with E-state index in [2.05, 4.69) is 8.92 Å². The molecule has 0 fully saturated rings. The quantitative estimate of drug-likeness (QED) is 0.717. The maximum Gasteiger partial charge on any atom is 0.497 e. The molecule has 0 aliphatic carbocycles. The summed E-state index contributed by atoms with van der Waals surface area (Å²) in [5.74, 6) is -0.689. The number of aliphatic hydroxyl groups excluding tert-OH is 1. The fraction of sp³-hybridized carbons (Fsp3) is 1.00. The molecule has 0 bridgehead atoms. The molecule has 0 radical (unpaired) electrons. The van der Waals surface area contributed by atoms with Gasteiger partial charge in [0, 0.05) is 13.0 Å². The van der Waals surface area contributed by atoms with Crippen LogP contribution in [0.1, 0.15) is 6.92 Å². The van der Waals surface area contributed by atoms with E-state index in [0.29, 0.717) is 0 Å². The molecule has 0 aromatic heterocycles. The maximum absolute atomic E-state index is 11.7. The van der Waals surface area contributed by atoms with Crippen molar-refractivity contribution in [1.82, 2.24) is 0 Å². The van der Waals surface area contributed by atoms with Gasteiger partial charge in [-0.15, -0.1) is 0 Å². The van der Waals surface area contributed by atoms with Crippen LogP contribution in [0.4, 0.5) is 13.2 Å². The average Bonchev–Trinajstić information content (AvgIpc) is 2.10. The highest BCUT2D eigenvalue weighted by Crippen LogP contribution is 2.21. The number of ether oxygens (including phenoxy) is 1. The van der Waals surface area contributed by atoms with Crippen molar-refractivity contribution in [3.8, 4) is 0 Å². The van der Waals surface area contributed by atoms with Crippen molar-refractivity contribution in [2.75, 3.05) is 13.7 Å². The second-order valence-electron chi connectivity index (χ2n) is 2.57. The van der Waals surface area contributed by atoms with Crippen molar-refractivity contribution in [1.29, 1.82) is 0 Å². The first kappa shape index (κ1) is 13.8. The highest BCUT2D eigenvalue weighted by atomic mass is 32.2. The average molecular weight is 236 g/mol. The lowest BCUT2D eigenvalue weighted by atomic mass is 10.2. The molecule has 0 aliphatic heterocycles. The Hall–Kier alpha value is -0.180. The summed E-state index contributed by atoms with van der Waals surface area (Å²) in [5.41, 5.74) is -4.89. The predicted molar refractivity (Wildman–Crippen MR) is 42.3 cm³/mol. The molecule has 0 aromatic carbocycles. The SMILES string of the molecule is COC(O)C(C)COS(=O)C(F)(F)F. The molecule has 4 nitrogen and oxygen atoms in total. The molecule has 3 unspecified atom stereocenters. The Bertz CT molecular complexity index is 196. The van der Waals surface area contributed by atoms with Gasteiger partial charge in [-0.3, -0.25) is 4.18 Å². The maximum atomic E-state index is 11.7. The van der Waals surface area contributed by atoms with Gasteiger partial charge in [0.25, 0.3) is 11.1 Å². The lowest BCUT2D eigenvalue weighted by Crippen LogP contribution is -2.27. The summed E-state index contributed by atoms with van der Waals surface area (Å²) in [5, 5.41) is 8.96. The van der Waals surface area contributed by atoms with Gasteiger partial charge in [-0.2, -0.15) is 13.2 Å². The van der Waals surface area contributed by atoms with E-state index in [4.69, 9.17) is 5.11 Å². The van der Waals surface area contributed by atoms with Gasteiger partial charge in [0.1, 0.15) is 0 Å². The Morgan fingerprint density at radius 2 is 2.00 bits per heavy atom. The molecule has 1 N–H and O–H groups in total. The first-order chi connectivity index (χ1) is 6.29. The van der Waals surface area contributed by atoms with Gasteiger partial charge in [0.15, 0.2) is 6.29 Å². The van der Waals surface area contributed by atoms with Gasteiger partial charge in [0.05, 0.1) is 6.61 Å². The molecule has 0 saturated heterocycles. The van der Waals surface area contributed by atoms with E-state index >= 15 is 0 Å². The Labute approximate surface area is 81.7 Å². The summed E-state index contributed by atoms with van der Waals surface area (Å²) in [6.45, 7) is 0.906. The van der Waals surface area contributed by atoms with Crippen LogP contribution in [0.25, 0.3) is 0 Å².